The van der Waals surface area contributed by atoms with Gasteiger partial charge < -0.3 is 14.8 Å². The highest BCUT2D eigenvalue weighted by atomic mass is 16.5. The second kappa shape index (κ2) is 7.04. The Morgan fingerprint density at radius 1 is 1.04 bits per heavy atom. The summed E-state index contributed by atoms with van der Waals surface area (Å²) in [5.74, 6) is 0.0396. The standard InChI is InChI=1S/C21H22N2O3/c1-12-8-13(2)20-16(9-12)18(10-14(3)22-20)23-15-6-7-19(25-4)17(11-15)21(24)26-5/h6-11H,1-5H3,(H,22,23). The number of methoxy groups -OCH3 is 2. The lowest BCUT2D eigenvalue weighted by atomic mass is 10.0. The van der Waals surface area contributed by atoms with Crippen molar-refractivity contribution in [3.8, 4) is 5.75 Å². The van der Waals surface area contributed by atoms with Crippen LogP contribution in [0.2, 0.25) is 0 Å². The van der Waals surface area contributed by atoms with Crippen LogP contribution >= 0.6 is 0 Å². The normalized spacial score (nSPS) is 10.7. The van der Waals surface area contributed by atoms with E-state index in [1.165, 1.54) is 19.8 Å². The Bertz CT molecular complexity index is 996. The van der Waals surface area contributed by atoms with Crippen molar-refractivity contribution in [1.82, 2.24) is 4.98 Å². The van der Waals surface area contributed by atoms with Gasteiger partial charge in [-0.05, 0) is 56.7 Å². The SMILES string of the molecule is COC(=O)c1cc(Nc2cc(C)nc3c(C)cc(C)cc23)ccc1OC. The summed E-state index contributed by atoms with van der Waals surface area (Å²) in [4.78, 5) is 16.7. The summed E-state index contributed by atoms with van der Waals surface area (Å²) in [7, 11) is 2.88. The molecule has 0 aliphatic heterocycles. The fraction of sp³-hybridized carbons (Fsp3) is 0.238. The Balaban J connectivity index is 2.11. The summed E-state index contributed by atoms with van der Waals surface area (Å²) in [6.07, 6.45) is 0. The quantitative estimate of drug-likeness (QED) is 0.691. The van der Waals surface area contributed by atoms with Crippen LogP contribution in [0.4, 0.5) is 11.4 Å². The lowest BCUT2D eigenvalue weighted by Crippen LogP contribution is -2.05. The number of fused-ring (bicyclic) bond motifs is 1. The molecule has 1 aromatic heterocycles. The van der Waals surface area contributed by atoms with Gasteiger partial charge in [0.15, 0.2) is 0 Å². The summed E-state index contributed by atoms with van der Waals surface area (Å²) < 4.78 is 10.1. The molecule has 0 amide bonds. The van der Waals surface area contributed by atoms with Crippen molar-refractivity contribution in [2.45, 2.75) is 20.8 Å². The molecule has 3 rings (SSSR count). The number of nitrogens with zero attached hydrogens (tertiary/aromatic N) is 1. The molecule has 0 saturated heterocycles. The molecular formula is C21H22N2O3. The van der Waals surface area contributed by atoms with E-state index in [-0.39, 0.29) is 0 Å². The van der Waals surface area contributed by atoms with E-state index in [0.29, 0.717) is 11.3 Å². The molecule has 1 heterocycles. The van der Waals surface area contributed by atoms with Crippen molar-refractivity contribution in [3.05, 3.63) is 58.8 Å². The summed E-state index contributed by atoms with van der Waals surface area (Å²) in [5, 5.41) is 4.45. The van der Waals surface area contributed by atoms with Gasteiger partial charge in [-0.3, -0.25) is 4.98 Å². The summed E-state index contributed by atoms with van der Waals surface area (Å²) >= 11 is 0. The monoisotopic (exact) mass is 350 g/mol. The maximum absolute atomic E-state index is 12.0. The van der Waals surface area contributed by atoms with Crippen LogP contribution in [0.1, 0.15) is 27.2 Å². The van der Waals surface area contributed by atoms with Gasteiger partial charge in [0, 0.05) is 22.5 Å². The largest absolute Gasteiger partial charge is 0.496 e. The van der Waals surface area contributed by atoms with Crippen LogP contribution in [0.5, 0.6) is 5.75 Å². The molecule has 2 aromatic carbocycles. The molecular weight excluding hydrogens is 328 g/mol. The fourth-order valence-corrected chi connectivity index (χ4v) is 3.12. The van der Waals surface area contributed by atoms with E-state index in [9.17, 15) is 4.79 Å². The molecule has 0 unspecified atom stereocenters. The zero-order chi connectivity index (χ0) is 18.8. The number of hydrogen-bond acceptors (Lipinski definition) is 5. The first-order chi connectivity index (χ1) is 12.4. The minimum absolute atomic E-state index is 0.377. The molecule has 1 N–H and O–H groups in total. The zero-order valence-corrected chi connectivity index (χ0v) is 15.6. The lowest BCUT2D eigenvalue weighted by molar-refractivity contribution is 0.0597. The van der Waals surface area contributed by atoms with Crippen LogP contribution < -0.4 is 10.1 Å². The van der Waals surface area contributed by atoms with E-state index in [0.717, 1.165) is 33.5 Å². The first-order valence-corrected chi connectivity index (χ1v) is 8.35. The second-order valence-electron chi connectivity index (χ2n) is 6.32. The van der Waals surface area contributed by atoms with Crippen molar-refractivity contribution in [1.29, 1.82) is 0 Å². The Morgan fingerprint density at radius 2 is 1.81 bits per heavy atom. The van der Waals surface area contributed by atoms with Gasteiger partial charge in [-0.1, -0.05) is 11.6 Å². The molecule has 0 aliphatic rings. The molecule has 134 valence electrons. The van der Waals surface area contributed by atoms with Crippen LogP contribution in [0.15, 0.2) is 36.4 Å². The Labute approximate surface area is 153 Å². The van der Waals surface area contributed by atoms with Gasteiger partial charge in [0.2, 0.25) is 0 Å². The van der Waals surface area contributed by atoms with Crippen LogP contribution in [0, 0.1) is 20.8 Å². The van der Waals surface area contributed by atoms with Crippen molar-refractivity contribution >= 4 is 28.2 Å². The van der Waals surface area contributed by atoms with Crippen molar-refractivity contribution in [3.63, 3.8) is 0 Å². The number of nitrogens with one attached hydrogen (secondary N) is 1. The van der Waals surface area contributed by atoms with E-state index < -0.39 is 5.97 Å². The van der Waals surface area contributed by atoms with E-state index in [1.807, 2.05) is 19.1 Å². The van der Waals surface area contributed by atoms with Gasteiger partial charge >= 0.3 is 5.97 Å². The number of esters is 1. The van der Waals surface area contributed by atoms with Crippen LogP contribution in [0.3, 0.4) is 0 Å². The Morgan fingerprint density at radius 3 is 2.50 bits per heavy atom. The number of ether oxygens (including phenoxy) is 2. The summed E-state index contributed by atoms with van der Waals surface area (Å²) in [5.41, 5.74) is 6.30. The number of anilines is 2. The van der Waals surface area contributed by atoms with Crippen molar-refractivity contribution in [2.24, 2.45) is 0 Å². The van der Waals surface area contributed by atoms with Gasteiger partial charge in [-0.25, -0.2) is 4.79 Å². The van der Waals surface area contributed by atoms with Gasteiger partial charge in [-0.2, -0.15) is 0 Å². The van der Waals surface area contributed by atoms with Crippen LogP contribution in [0.25, 0.3) is 10.9 Å². The minimum atomic E-state index is -0.437. The summed E-state index contributed by atoms with van der Waals surface area (Å²) in [6, 6.07) is 11.6. The van der Waals surface area contributed by atoms with Crippen molar-refractivity contribution < 1.29 is 14.3 Å². The zero-order valence-electron chi connectivity index (χ0n) is 15.6. The minimum Gasteiger partial charge on any atom is -0.496 e. The number of pyridine rings is 1. The average Bonchev–Trinajstić information content (AvgIpc) is 2.62. The third-order valence-corrected chi connectivity index (χ3v) is 4.26. The first kappa shape index (κ1) is 17.7. The maximum atomic E-state index is 12.0. The highest BCUT2D eigenvalue weighted by molar-refractivity contribution is 5.97. The average molecular weight is 350 g/mol. The van der Waals surface area contributed by atoms with E-state index >= 15 is 0 Å². The molecule has 0 bridgehead atoms. The van der Waals surface area contributed by atoms with Crippen molar-refractivity contribution in [2.75, 3.05) is 19.5 Å². The molecule has 26 heavy (non-hydrogen) atoms. The third kappa shape index (κ3) is 3.33. The number of aryl methyl sites for hydroxylation is 3. The molecule has 0 spiro atoms. The van der Waals surface area contributed by atoms with Gasteiger partial charge in [0.05, 0.1) is 19.7 Å². The first-order valence-electron chi connectivity index (χ1n) is 8.35. The molecule has 0 atom stereocenters. The second-order valence-corrected chi connectivity index (χ2v) is 6.32. The lowest BCUT2D eigenvalue weighted by Gasteiger charge is -2.14. The Hall–Kier alpha value is -3.08. The number of benzene rings is 2. The molecule has 0 saturated carbocycles. The van der Waals surface area contributed by atoms with Crippen LogP contribution in [-0.4, -0.2) is 25.2 Å². The van der Waals surface area contributed by atoms with Gasteiger partial charge in [0.1, 0.15) is 11.3 Å². The van der Waals surface area contributed by atoms with E-state index in [2.05, 4.69) is 36.3 Å². The number of rotatable bonds is 4. The fourth-order valence-electron chi connectivity index (χ4n) is 3.12. The predicted molar refractivity (Wildman–Crippen MR) is 104 cm³/mol. The molecule has 0 radical (unpaired) electrons. The topological polar surface area (TPSA) is 60.5 Å². The predicted octanol–water partition coefficient (Wildman–Crippen LogP) is 4.70. The smallest absolute Gasteiger partial charge is 0.341 e. The Kier molecular flexibility index (Phi) is 4.80. The molecule has 5 nitrogen and oxygen atoms in total. The highest BCUT2D eigenvalue weighted by Gasteiger charge is 2.14. The third-order valence-electron chi connectivity index (χ3n) is 4.26. The molecule has 3 aromatic rings. The summed E-state index contributed by atoms with van der Waals surface area (Å²) in [6.45, 7) is 6.10. The number of carbonyl (C=O) groups is 1. The molecule has 5 heteroatoms. The van der Waals surface area contributed by atoms with Gasteiger partial charge in [-0.15, -0.1) is 0 Å². The molecule has 0 aliphatic carbocycles. The molecule has 0 fully saturated rings. The van der Waals surface area contributed by atoms with Gasteiger partial charge in [0.25, 0.3) is 0 Å². The number of carbonyl (C=O) groups excluding carboxylic acids is 1. The van der Waals surface area contributed by atoms with E-state index in [4.69, 9.17) is 9.47 Å². The number of hydrogen-bond donors (Lipinski definition) is 1. The number of aromatic nitrogens is 1. The van der Waals surface area contributed by atoms with Crippen LogP contribution in [-0.2, 0) is 4.74 Å². The highest BCUT2D eigenvalue weighted by Crippen LogP contribution is 2.31. The van der Waals surface area contributed by atoms with E-state index in [1.54, 1.807) is 12.1 Å². The maximum Gasteiger partial charge on any atom is 0.341 e.